The van der Waals surface area contributed by atoms with Crippen molar-refractivity contribution >= 4 is 29.1 Å². The SMILES string of the molecule is CCC1NC(=O)CCN(c2c(F)cccc2Cl)C1=O. The van der Waals surface area contributed by atoms with Gasteiger partial charge in [-0.2, -0.15) is 0 Å². The summed E-state index contributed by atoms with van der Waals surface area (Å²) in [5, 5.41) is 2.79. The lowest BCUT2D eigenvalue weighted by atomic mass is 10.2. The lowest BCUT2D eigenvalue weighted by Gasteiger charge is -2.24. The molecule has 1 fully saturated rings. The smallest absolute Gasteiger partial charge is 0.249 e. The quantitative estimate of drug-likeness (QED) is 0.904. The molecule has 0 saturated carbocycles. The molecule has 1 atom stereocenters. The number of carbonyl (C=O) groups excluding carboxylic acids is 2. The number of nitrogens with zero attached hydrogens (tertiary/aromatic N) is 1. The second-order valence-electron chi connectivity index (χ2n) is 4.34. The number of nitrogens with one attached hydrogen (secondary N) is 1. The maximum Gasteiger partial charge on any atom is 0.249 e. The molecule has 1 aliphatic heterocycles. The van der Waals surface area contributed by atoms with Gasteiger partial charge in [0.2, 0.25) is 11.8 Å². The molecule has 2 amide bonds. The number of rotatable bonds is 2. The number of hydrogen-bond acceptors (Lipinski definition) is 2. The van der Waals surface area contributed by atoms with E-state index < -0.39 is 11.9 Å². The Morgan fingerprint density at radius 2 is 2.21 bits per heavy atom. The number of hydrogen-bond donors (Lipinski definition) is 1. The molecule has 1 aromatic carbocycles. The highest BCUT2D eigenvalue weighted by Crippen LogP contribution is 2.30. The summed E-state index contributed by atoms with van der Waals surface area (Å²) in [6, 6.07) is 3.61. The average molecular weight is 285 g/mol. The van der Waals surface area contributed by atoms with Gasteiger partial charge in [-0.15, -0.1) is 0 Å². The lowest BCUT2D eigenvalue weighted by Crippen LogP contribution is -2.44. The number of benzene rings is 1. The van der Waals surface area contributed by atoms with Crippen LogP contribution in [0.1, 0.15) is 19.8 Å². The Morgan fingerprint density at radius 3 is 2.84 bits per heavy atom. The van der Waals surface area contributed by atoms with E-state index in [0.717, 1.165) is 0 Å². The molecular formula is C13H14ClFN2O2. The minimum absolute atomic E-state index is 0.0455. The van der Waals surface area contributed by atoms with E-state index in [1.54, 1.807) is 6.92 Å². The molecule has 4 nitrogen and oxygen atoms in total. The minimum atomic E-state index is -0.634. The summed E-state index contributed by atoms with van der Waals surface area (Å²) in [6.45, 7) is 1.91. The molecule has 0 spiro atoms. The van der Waals surface area contributed by atoms with Gasteiger partial charge in [0.1, 0.15) is 11.9 Å². The van der Waals surface area contributed by atoms with E-state index in [1.165, 1.54) is 23.1 Å². The fourth-order valence-corrected chi connectivity index (χ4v) is 2.35. The second-order valence-corrected chi connectivity index (χ2v) is 4.75. The summed E-state index contributed by atoms with van der Waals surface area (Å²) < 4.78 is 13.9. The van der Waals surface area contributed by atoms with Crippen LogP contribution < -0.4 is 10.2 Å². The summed E-state index contributed by atoms with van der Waals surface area (Å²) in [5.74, 6) is -1.11. The Bertz CT molecular complexity index is 501. The van der Waals surface area contributed by atoms with Crippen LogP contribution in [0.4, 0.5) is 10.1 Å². The van der Waals surface area contributed by atoms with Crippen molar-refractivity contribution in [3.63, 3.8) is 0 Å². The van der Waals surface area contributed by atoms with Gasteiger partial charge < -0.3 is 10.2 Å². The molecule has 1 heterocycles. The van der Waals surface area contributed by atoms with E-state index in [4.69, 9.17) is 11.6 Å². The second kappa shape index (κ2) is 5.57. The highest BCUT2D eigenvalue weighted by Gasteiger charge is 2.31. The van der Waals surface area contributed by atoms with E-state index in [0.29, 0.717) is 6.42 Å². The van der Waals surface area contributed by atoms with Gasteiger partial charge in [-0.3, -0.25) is 9.59 Å². The van der Waals surface area contributed by atoms with Crippen LogP contribution in [0, 0.1) is 5.82 Å². The molecule has 1 unspecified atom stereocenters. The largest absolute Gasteiger partial charge is 0.344 e. The van der Waals surface area contributed by atoms with E-state index in [1.807, 2.05) is 0 Å². The van der Waals surface area contributed by atoms with E-state index >= 15 is 0 Å². The molecule has 0 aromatic heterocycles. The first kappa shape index (κ1) is 13.8. The topological polar surface area (TPSA) is 49.4 Å². The maximum absolute atomic E-state index is 13.9. The first-order valence-electron chi connectivity index (χ1n) is 6.09. The predicted octanol–water partition coefficient (Wildman–Crippen LogP) is 2.11. The normalized spacial score (nSPS) is 20.2. The third kappa shape index (κ3) is 2.71. The van der Waals surface area contributed by atoms with Gasteiger partial charge in [-0.25, -0.2) is 4.39 Å². The van der Waals surface area contributed by atoms with Crippen molar-refractivity contribution in [1.29, 1.82) is 0 Å². The molecular weight excluding hydrogens is 271 g/mol. The van der Waals surface area contributed by atoms with Crippen LogP contribution in [0.25, 0.3) is 0 Å². The standard InChI is InChI=1S/C13H14ClFN2O2/c1-2-10-13(19)17(7-6-11(18)16-10)12-8(14)4-3-5-9(12)15/h3-5,10H,2,6-7H2,1H3,(H,16,18). The summed E-state index contributed by atoms with van der Waals surface area (Å²) in [4.78, 5) is 25.1. The first-order valence-corrected chi connectivity index (χ1v) is 6.47. The summed E-state index contributed by atoms with van der Waals surface area (Å²) >= 11 is 5.97. The van der Waals surface area contributed by atoms with Crippen LogP contribution in [-0.2, 0) is 9.59 Å². The molecule has 0 radical (unpaired) electrons. The zero-order valence-electron chi connectivity index (χ0n) is 10.5. The van der Waals surface area contributed by atoms with Gasteiger partial charge in [-0.05, 0) is 18.6 Å². The number of carbonyl (C=O) groups is 2. The number of halogens is 2. The highest BCUT2D eigenvalue weighted by molar-refractivity contribution is 6.34. The molecule has 1 aromatic rings. The zero-order valence-corrected chi connectivity index (χ0v) is 11.2. The van der Waals surface area contributed by atoms with E-state index in [-0.39, 0.29) is 35.5 Å². The van der Waals surface area contributed by atoms with E-state index in [2.05, 4.69) is 5.32 Å². The van der Waals surface area contributed by atoms with Crippen LogP contribution in [0.2, 0.25) is 5.02 Å². The third-order valence-electron chi connectivity index (χ3n) is 3.08. The molecule has 0 aliphatic carbocycles. The number of anilines is 1. The van der Waals surface area contributed by atoms with Crippen LogP contribution in [0.5, 0.6) is 0 Å². The van der Waals surface area contributed by atoms with Gasteiger partial charge >= 0.3 is 0 Å². The molecule has 1 N–H and O–H groups in total. The van der Waals surface area contributed by atoms with Crippen molar-refractivity contribution in [1.82, 2.24) is 5.32 Å². The van der Waals surface area contributed by atoms with Gasteiger partial charge in [0.05, 0.1) is 10.7 Å². The molecule has 6 heteroatoms. The summed E-state index contributed by atoms with van der Waals surface area (Å²) in [6.07, 6.45) is 0.583. The van der Waals surface area contributed by atoms with Gasteiger partial charge in [0.25, 0.3) is 0 Å². The maximum atomic E-state index is 13.9. The Balaban J connectivity index is 2.42. The van der Waals surface area contributed by atoms with Crippen LogP contribution in [-0.4, -0.2) is 24.4 Å². The Kier molecular flexibility index (Phi) is 4.04. The Hall–Kier alpha value is -1.62. The van der Waals surface area contributed by atoms with Crippen molar-refractivity contribution in [3.05, 3.63) is 29.0 Å². The molecule has 1 saturated heterocycles. The molecule has 102 valence electrons. The molecule has 1 aliphatic rings. The van der Waals surface area contributed by atoms with Gasteiger partial charge in [0.15, 0.2) is 0 Å². The third-order valence-corrected chi connectivity index (χ3v) is 3.38. The zero-order chi connectivity index (χ0) is 14.0. The van der Waals surface area contributed by atoms with Crippen molar-refractivity contribution in [2.45, 2.75) is 25.8 Å². The minimum Gasteiger partial charge on any atom is -0.344 e. The Morgan fingerprint density at radius 1 is 1.47 bits per heavy atom. The van der Waals surface area contributed by atoms with E-state index in [9.17, 15) is 14.0 Å². The molecule has 0 bridgehead atoms. The fraction of sp³-hybridized carbons (Fsp3) is 0.385. The van der Waals surface area contributed by atoms with Gasteiger partial charge in [-0.1, -0.05) is 24.6 Å². The van der Waals surface area contributed by atoms with Crippen LogP contribution in [0.3, 0.4) is 0 Å². The fourth-order valence-electron chi connectivity index (χ4n) is 2.09. The predicted molar refractivity (Wildman–Crippen MR) is 70.6 cm³/mol. The van der Waals surface area contributed by atoms with Crippen molar-refractivity contribution < 1.29 is 14.0 Å². The average Bonchev–Trinajstić information content (AvgIpc) is 2.51. The number of para-hydroxylation sites is 1. The Labute approximate surface area is 115 Å². The number of amides is 2. The van der Waals surface area contributed by atoms with Crippen LogP contribution >= 0.6 is 11.6 Å². The highest BCUT2D eigenvalue weighted by atomic mass is 35.5. The summed E-state index contributed by atoms with van der Waals surface area (Å²) in [5.41, 5.74) is 0.0455. The molecule has 19 heavy (non-hydrogen) atoms. The molecule has 2 rings (SSSR count). The summed E-state index contributed by atoms with van der Waals surface area (Å²) in [7, 11) is 0. The monoisotopic (exact) mass is 284 g/mol. The van der Waals surface area contributed by atoms with Crippen molar-refractivity contribution in [2.75, 3.05) is 11.4 Å². The first-order chi connectivity index (χ1) is 9.04. The van der Waals surface area contributed by atoms with Crippen LogP contribution in [0.15, 0.2) is 18.2 Å². The lowest BCUT2D eigenvalue weighted by molar-refractivity contribution is -0.125. The van der Waals surface area contributed by atoms with Gasteiger partial charge in [0, 0.05) is 13.0 Å². The van der Waals surface area contributed by atoms with Crippen molar-refractivity contribution in [2.24, 2.45) is 0 Å². The van der Waals surface area contributed by atoms with Crippen molar-refractivity contribution in [3.8, 4) is 0 Å².